The molecule has 3 heterocycles. The first-order chi connectivity index (χ1) is 30.9. The fourth-order valence-corrected chi connectivity index (χ4v) is 8.11. The Morgan fingerprint density at radius 3 is 1.82 bits per heavy atom. The number of aliphatic carboxylic acids is 4. The molecule has 1 atom stereocenters. The molecular weight excluding hydrogens is 849 g/mol. The van der Waals surface area contributed by atoms with Crippen LogP contribution in [0.15, 0.2) is 36.4 Å². The Labute approximate surface area is 376 Å². The van der Waals surface area contributed by atoms with Gasteiger partial charge in [0, 0.05) is 96.6 Å². The van der Waals surface area contributed by atoms with Gasteiger partial charge in [-0.15, -0.1) is 5.10 Å². The van der Waals surface area contributed by atoms with Crippen LogP contribution >= 0.6 is 0 Å². The van der Waals surface area contributed by atoms with Gasteiger partial charge >= 0.3 is 23.9 Å². The quantitative estimate of drug-likeness (QED) is 0.0916. The van der Waals surface area contributed by atoms with Crippen molar-refractivity contribution in [3.8, 4) is 28.4 Å². The van der Waals surface area contributed by atoms with Crippen LogP contribution < -0.4 is 5.32 Å². The Morgan fingerprint density at radius 2 is 1.26 bits per heavy atom. The van der Waals surface area contributed by atoms with Gasteiger partial charge in [0.1, 0.15) is 28.9 Å². The Hall–Kier alpha value is -6.20. The van der Waals surface area contributed by atoms with Crippen LogP contribution in [0.25, 0.3) is 16.9 Å². The maximum atomic E-state index is 13.5. The van der Waals surface area contributed by atoms with E-state index in [1.165, 1.54) is 15.6 Å². The summed E-state index contributed by atoms with van der Waals surface area (Å²) in [6.45, 7) is 7.96. The third-order valence-electron chi connectivity index (χ3n) is 11.5. The minimum absolute atomic E-state index is 0.0597. The minimum Gasteiger partial charge on any atom is -0.508 e. The summed E-state index contributed by atoms with van der Waals surface area (Å²) in [5, 5.41) is 71.5. The fraction of sp³-hybridized carbons (Fsp3) is 0.535. The summed E-state index contributed by atoms with van der Waals surface area (Å²) in [6.07, 6.45) is -0.170. The average molecular weight is 909 g/mol. The molecule has 2 saturated heterocycles. The molecule has 354 valence electrons. The van der Waals surface area contributed by atoms with E-state index in [2.05, 4.69) is 20.5 Å². The number of hydrogen-bond donors (Lipinski definition) is 7. The van der Waals surface area contributed by atoms with E-state index in [1.807, 2.05) is 38.1 Å². The zero-order valence-electron chi connectivity index (χ0n) is 37.0. The molecule has 1 aromatic heterocycles. The third kappa shape index (κ3) is 13.9. The van der Waals surface area contributed by atoms with Crippen LogP contribution in [-0.2, 0) is 30.5 Å². The van der Waals surface area contributed by atoms with Gasteiger partial charge < -0.3 is 40.9 Å². The number of nitrogens with one attached hydrogen (secondary N) is 1. The van der Waals surface area contributed by atoms with Gasteiger partial charge in [0.25, 0.3) is 5.91 Å². The Balaban J connectivity index is 1.23. The summed E-state index contributed by atoms with van der Waals surface area (Å²) in [4.78, 5) is 84.5. The maximum absolute atomic E-state index is 13.5. The first kappa shape index (κ1) is 49.8. The summed E-state index contributed by atoms with van der Waals surface area (Å²) >= 11 is 0. The number of carbonyl (C=O) groups excluding carboxylic acids is 2. The number of hydrogen-bond acceptors (Lipinski definition) is 15. The lowest BCUT2D eigenvalue weighted by Gasteiger charge is -2.36. The summed E-state index contributed by atoms with van der Waals surface area (Å²) < 4.78 is 1.39. The number of carbonyl (C=O) groups is 6. The second-order valence-corrected chi connectivity index (χ2v) is 16.6. The van der Waals surface area contributed by atoms with E-state index in [1.54, 1.807) is 32.6 Å². The summed E-state index contributed by atoms with van der Waals surface area (Å²) in [5.74, 6) is -5.62. The number of amides is 2. The van der Waals surface area contributed by atoms with Crippen LogP contribution in [-0.4, -0.2) is 215 Å². The van der Waals surface area contributed by atoms with Crippen molar-refractivity contribution < 1.29 is 59.4 Å². The van der Waals surface area contributed by atoms with Crippen LogP contribution in [0.5, 0.6) is 11.5 Å². The number of rotatable bonds is 18. The highest BCUT2D eigenvalue weighted by Gasteiger charge is 2.32. The van der Waals surface area contributed by atoms with E-state index >= 15 is 0 Å². The Bertz CT molecular complexity index is 2160. The highest BCUT2D eigenvalue weighted by Crippen LogP contribution is 2.36. The lowest BCUT2D eigenvalue weighted by molar-refractivity contribution is -0.146. The van der Waals surface area contributed by atoms with Crippen molar-refractivity contribution in [1.29, 1.82) is 0 Å². The van der Waals surface area contributed by atoms with E-state index in [0.717, 1.165) is 5.56 Å². The molecule has 0 bridgehead atoms. The molecule has 7 N–H and O–H groups in total. The first-order valence-corrected chi connectivity index (χ1v) is 21.6. The average Bonchev–Trinajstić information content (AvgIpc) is 3.67. The van der Waals surface area contributed by atoms with E-state index in [-0.39, 0.29) is 107 Å². The largest absolute Gasteiger partial charge is 0.508 e. The van der Waals surface area contributed by atoms with Crippen molar-refractivity contribution >= 4 is 35.7 Å². The second-order valence-electron chi connectivity index (χ2n) is 16.6. The van der Waals surface area contributed by atoms with Crippen molar-refractivity contribution in [2.24, 2.45) is 0 Å². The second kappa shape index (κ2) is 23.1. The third-order valence-corrected chi connectivity index (χ3v) is 11.5. The molecule has 5 rings (SSSR count). The zero-order valence-corrected chi connectivity index (χ0v) is 37.0. The Morgan fingerprint density at radius 1 is 0.708 bits per heavy atom. The molecule has 0 spiro atoms. The number of carboxylic acids is 4. The molecular formula is C43H60N10O12. The van der Waals surface area contributed by atoms with Gasteiger partial charge in [-0.2, -0.15) is 0 Å². The molecule has 3 aromatic rings. The predicted molar refractivity (Wildman–Crippen MR) is 234 cm³/mol. The molecule has 0 aliphatic carbocycles. The lowest BCUT2D eigenvalue weighted by Crippen LogP contribution is -2.52. The van der Waals surface area contributed by atoms with Gasteiger partial charge in [-0.25, -0.2) is 4.68 Å². The number of aromatic hydroxyl groups is 2. The van der Waals surface area contributed by atoms with Gasteiger partial charge in [-0.3, -0.25) is 53.3 Å². The van der Waals surface area contributed by atoms with Crippen LogP contribution in [0, 0.1) is 0 Å². The number of phenols is 2. The number of carboxylic acid groups (broad SMARTS) is 4. The molecule has 2 aliphatic rings. The summed E-state index contributed by atoms with van der Waals surface area (Å²) in [6, 6.07) is 9.16. The van der Waals surface area contributed by atoms with Gasteiger partial charge in [0.05, 0.1) is 26.3 Å². The Kier molecular flexibility index (Phi) is 17.7. The van der Waals surface area contributed by atoms with Crippen molar-refractivity contribution in [1.82, 2.24) is 49.7 Å². The molecule has 0 saturated carbocycles. The summed E-state index contributed by atoms with van der Waals surface area (Å²) in [7, 11) is 0. The van der Waals surface area contributed by atoms with Gasteiger partial charge in [0.15, 0.2) is 5.69 Å². The number of phenolic OH excluding ortho intramolecular Hbond substituents is 2. The van der Waals surface area contributed by atoms with E-state index in [0.29, 0.717) is 56.1 Å². The molecule has 0 unspecified atom stereocenters. The van der Waals surface area contributed by atoms with Crippen LogP contribution in [0.1, 0.15) is 61.1 Å². The molecule has 2 amide bonds. The van der Waals surface area contributed by atoms with Crippen molar-refractivity contribution in [3.05, 3.63) is 53.2 Å². The highest BCUT2D eigenvalue weighted by molar-refractivity contribution is 5.98. The predicted octanol–water partition coefficient (Wildman–Crippen LogP) is 0.529. The van der Waals surface area contributed by atoms with Crippen LogP contribution in [0.3, 0.4) is 0 Å². The van der Waals surface area contributed by atoms with Crippen molar-refractivity contribution in [2.45, 2.75) is 52.1 Å². The normalized spacial score (nSPS) is 17.1. The van der Waals surface area contributed by atoms with Crippen molar-refractivity contribution in [2.75, 3.05) is 98.3 Å². The standard InChI is InChI=1S/C43H60N10O12/c1-4-44-42(63)40-41(53(46-45-40)33-21-31(28(2)3)34(54)22-35(33)55)30-7-5-29(6-8-30)23-47-15-18-51(19-16-47)36(56)10-9-32(43(64)65)52-20-17-49(25-38(59)60)12-11-48(24-37(57)58)13-14-50(27-52)26-39(61)62/h5-8,21-22,28,32,54-55H,4,9-20,23-27H2,1-3H3,(H,44,63)(H,57,58)(H,59,60)(H,61,62)(H,64,65)/t32-/m1/s1. The molecule has 0 radical (unpaired) electrons. The maximum Gasteiger partial charge on any atom is 0.320 e. The van der Waals surface area contributed by atoms with Gasteiger partial charge in [-0.05, 0) is 36.5 Å². The molecule has 2 aliphatic heterocycles. The van der Waals surface area contributed by atoms with E-state index in [9.17, 15) is 59.4 Å². The topological polar surface area (TPSA) is 286 Å². The number of piperazine rings is 1. The number of aromatic nitrogens is 3. The van der Waals surface area contributed by atoms with Gasteiger partial charge in [0.2, 0.25) is 5.91 Å². The van der Waals surface area contributed by atoms with Crippen LogP contribution in [0.4, 0.5) is 0 Å². The molecule has 65 heavy (non-hydrogen) atoms. The number of benzene rings is 2. The first-order valence-electron chi connectivity index (χ1n) is 21.6. The van der Waals surface area contributed by atoms with E-state index < -0.39 is 42.4 Å². The van der Waals surface area contributed by atoms with Crippen molar-refractivity contribution in [3.63, 3.8) is 0 Å². The molecule has 2 aromatic carbocycles. The van der Waals surface area contributed by atoms with Crippen LogP contribution in [0.2, 0.25) is 0 Å². The zero-order chi connectivity index (χ0) is 47.4. The van der Waals surface area contributed by atoms with Gasteiger partial charge in [-0.1, -0.05) is 43.3 Å². The lowest BCUT2D eigenvalue weighted by atomic mass is 10.0. The molecule has 22 heteroatoms. The molecule has 22 nitrogen and oxygen atoms in total. The van der Waals surface area contributed by atoms with E-state index in [4.69, 9.17) is 0 Å². The number of nitrogens with zero attached hydrogens (tertiary/aromatic N) is 9. The SMILES string of the molecule is CCNC(=O)c1nnn(-c2cc(C(C)C)c(O)cc2O)c1-c1ccc(CN2CCN(C(=O)CC[C@H](C(=O)O)N3CCN(CC(=O)O)CCN(CC(=O)O)CCN(CC(=O)O)C3)CC2)cc1. The summed E-state index contributed by atoms with van der Waals surface area (Å²) in [5.41, 5.74) is 2.81. The minimum atomic E-state index is -1.21. The smallest absolute Gasteiger partial charge is 0.320 e. The monoisotopic (exact) mass is 908 g/mol. The fourth-order valence-electron chi connectivity index (χ4n) is 8.11. The molecule has 2 fully saturated rings. The highest BCUT2D eigenvalue weighted by atomic mass is 16.4.